The second-order valence-corrected chi connectivity index (χ2v) is 7.91. The predicted molar refractivity (Wildman–Crippen MR) is 91.4 cm³/mol. The van der Waals surface area contributed by atoms with E-state index in [0.29, 0.717) is 12.1 Å². The Kier molecular flexibility index (Phi) is 4.68. The van der Waals surface area contributed by atoms with E-state index in [1.54, 1.807) is 6.07 Å². The topological polar surface area (TPSA) is 64.2 Å². The standard InChI is InChI=1S/C18H26N2O3/c1-17(2,3)12-18(4,5)19-15(21)10-11-20-13-8-6-7-9-14(13)23-16(20)22/h6-9H,10-12H2,1-5H3,(H,19,21). The lowest BCUT2D eigenvalue weighted by Gasteiger charge is -2.33. The molecule has 0 saturated heterocycles. The quantitative estimate of drug-likeness (QED) is 0.920. The van der Waals surface area contributed by atoms with E-state index in [1.807, 2.05) is 32.0 Å². The number of rotatable bonds is 5. The maximum absolute atomic E-state index is 12.2. The Balaban J connectivity index is 2.01. The number of nitrogens with zero attached hydrogens (tertiary/aromatic N) is 1. The number of carbonyl (C=O) groups excluding carboxylic acids is 1. The molecule has 0 aliphatic carbocycles. The van der Waals surface area contributed by atoms with Crippen molar-refractivity contribution in [2.24, 2.45) is 5.41 Å². The van der Waals surface area contributed by atoms with E-state index in [1.165, 1.54) is 4.57 Å². The number of nitrogens with one attached hydrogen (secondary N) is 1. The van der Waals surface area contributed by atoms with Crippen LogP contribution in [0.5, 0.6) is 0 Å². The fourth-order valence-corrected chi connectivity index (χ4v) is 3.25. The minimum atomic E-state index is -0.423. The summed E-state index contributed by atoms with van der Waals surface area (Å²) in [4.78, 5) is 24.1. The lowest BCUT2D eigenvalue weighted by atomic mass is 9.82. The zero-order chi connectivity index (χ0) is 17.3. The number of oxazole rings is 1. The van der Waals surface area contributed by atoms with Gasteiger partial charge in [-0.25, -0.2) is 4.79 Å². The first kappa shape index (κ1) is 17.3. The van der Waals surface area contributed by atoms with Gasteiger partial charge in [-0.2, -0.15) is 0 Å². The van der Waals surface area contributed by atoms with Gasteiger partial charge in [-0.15, -0.1) is 0 Å². The highest BCUT2D eigenvalue weighted by Crippen LogP contribution is 2.26. The monoisotopic (exact) mass is 318 g/mol. The predicted octanol–water partition coefficient (Wildman–Crippen LogP) is 3.32. The molecular formula is C18H26N2O3. The first-order chi connectivity index (χ1) is 10.6. The third kappa shape index (κ3) is 4.71. The molecule has 1 aromatic heterocycles. The van der Waals surface area contributed by atoms with Gasteiger partial charge in [-0.05, 0) is 37.8 Å². The summed E-state index contributed by atoms with van der Waals surface area (Å²) < 4.78 is 6.68. The van der Waals surface area contributed by atoms with Gasteiger partial charge in [-0.1, -0.05) is 32.9 Å². The molecule has 126 valence electrons. The van der Waals surface area contributed by atoms with Crippen molar-refractivity contribution in [1.29, 1.82) is 0 Å². The molecule has 0 atom stereocenters. The van der Waals surface area contributed by atoms with Gasteiger partial charge in [0.15, 0.2) is 5.58 Å². The van der Waals surface area contributed by atoms with E-state index in [4.69, 9.17) is 4.42 Å². The molecule has 0 fully saturated rings. The number of amides is 1. The van der Waals surface area contributed by atoms with Gasteiger partial charge in [-0.3, -0.25) is 9.36 Å². The summed E-state index contributed by atoms with van der Waals surface area (Å²) in [7, 11) is 0. The van der Waals surface area contributed by atoms with Crippen LogP contribution in [0.15, 0.2) is 33.5 Å². The van der Waals surface area contributed by atoms with E-state index >= 15 is 0 Å². The normalized spacial score (nSPS) is 12.6. The minimum absolute atomic E-state index is 0.0589. The van der Waals surface area contributed by atoms with Gasteiger partial charge in [0.1, 0.15) is 0 Å². The van der Waals surface area contributed by atoms with Crippen molar-refractivity contribution in [3.05, 3.63) is 34.8 Å². The van der Waals surface area contributed by atoms with Crippen molar-refractivity contribution in [2.75, 3.05) is 0 Å². The van der Waals surface area contributed by atoms with Crippen LogP contribution in [0, 0.1) is 5.41 Å². The largest absolute Gasteiger partial charge is 0.419 e. The maximum Gasteiger partial charge on any atom is 0.419 e. The Hall–Kier alpha value is -2.04. The lowest BCUT2D eigenvalue weighted by molar-refractivity contribution is -0.123. The Morgan fingerprint density at radius 2 is 1.83 bits per heavy atom. The van der Waals surface area contributed by atoms with Crippen molar-refractivity contribution in [3.63, 3.8) is 0 Å². The van der Waals surface area contributed by atoms with Gasteiger partial charge >= 0.3 is 5.76 Å². The molecule has 0 spiro atoms. The number of benzene rings is 1. The van der Waals surface area contributed by atoms with Crippen LogP contribution in [0.25, 0.3) is 11.1 Å². The Morgan fingerprint density at radius 1 is 1.17 bits per heavy atom. The molecule has 1 aromatic carbocycles. The van der Waals surface area contributed by atoms with Gasteiger partial charge in [0.2, 0.25) is 5.91 Å². The highest BCUT2D eigenvalue weighted by Gasteiger charge is 2.26. The van der Waals surface area contributed by atoms with E-state index in [0.717, 1.165) is 11.9 Å². The number of carbonyl (C=O) groups is 1. The zero-order valence-electron chi connectivity index (χ0n) is 14.6. The van der Waals surface area contributed by atoms with Crippen molar-refractivity contribution < 1.29 is 9.21 Å². The molecule has 0 bridgehead atoms. The van der Waals surface area contributed by atoms with Crippen LogP contribution in [0.4, 0.5) is 0 Å². The molecular weight excluding hydrogens is 292 g/mol. The molecule has 1 amide bonds. The summed E-state index contributed by atoms with van der Waals surface area (Å²) >= 11 is 0. The summed E-state index contributed by atoms with van der Waals surface area (Å²) in [6.45, 7) is 10.8. The fraction of sp³-hybridized carbons (Fsp3) is 0.556. The van der Waals surface area contributed by atoms with E-state index in [2.05, 4.69) is 26.1 Å². The molecule has 2 aromatic rings. The van der Waals surface area contributed by atoms with Crippen molar-refractivity contribution >= 4 is 17.0 Å². The SMILES string of the molecule is CC(C)(C)CC(C)(C)NC(=O)CCn1c(=O)oc2ccccc21. The molecule has 2 rings (SSSR count). The fourth-order valence-electron chi connectivity index (χ4n) is 3.25. The van der Waals surface area contributed by atoms with E-state index < -0.39 is 5.76 Å². The first-order valence-corrected chi connectivity index (χ1v) is 7.97. The molecule has 0 radical (unpaired) electrons. The van der Waals surface area contributed by atoms with Crippen LogP contribution in [0.2, 0.25) is 0 Å². The Bertz CT molecular complexity index is 747. The van der Waals surface area contributed by atoms with Crippen LogP contribution in [-0.4, -0.2) is 16.0 Å². The van der Waals surface area contributed by atoms with Gasteiger partial charge in [0, 0.05) is 18.5 Å². The zero-order valence-corrected chi connectivity index (χ0v) is 14.6. The second kappa shape index (κ2) is 6.22. The summed E-state index contributed by atoms with van der Waals surface area (Å²) in [6, 6.07) is 7.24. The second-order valence-electron chi connectivity index (χ2n) is 7.91. The van der Waals surface area contributed by atoms with Gasteiger partial charge < -0.3 is 9.73 Å². The number of hydrogen-bond donors (Lipinski definition) is 1. The Labute approximate surface area is 136 Å². The molecule has 1 heterocycles. The van der Waals surface area contributed by atoms with Crippen LogP contribution >= 0.6 is 0 Å². The van der Waals surface area contributed by atoms with Crippen LogP contribution < -0.4 is 11.1 Å². The van der Waals surface area contributed by atoms with Crippen LogP contribution in [0.1, 0.15) is 47.5 Å². The number of aryl methyl sites for hydroxylation is 1. The highest BCUT2D eigenvalue weighted by atomic mass is 16.4. The summed E-state index contributed by atoms with van der Waals surface area (Å²) in [5.41, 5.74) is 1.12. The van der Waals surface area contributed by atoms with Crippen molar-refractivity contribution in [3.8, 4) is 0 Å². The maximum atomic E-state index is 12.2. The summed E-state index contributed by atoms with van der Waals surface area (Å²) in [6.07, 6.45) is 1.12. The van der Waals surface area contributed by atoms with Crippen molar-refractivity contribution in [2.45, 2.75) is 59.5 Å². The van der Waals surface area contributed by atoms with Gasteiger partial charge in [0.25, 0.3) is 0 Å². The molecule has 0 saturated carbocycles. The number of fused-ring (bicyclic) bond motifs is 1. The van der Waals surface area contributed by atoms with Crippen LogP contribution in [0.3, 0.4) is 0 Å². The molecule has 0 aliphatic heterocycles. The van der Waals surface area contributed by atoms with Crippen LogP contribution in [-0.2, 0) is 11.3 Å². The molecule has 5 heteroatoms. The van der Waals surface area contributed by atoms with E-state index in [-0.39, 0.29) is 23.3 Å². The minimum Gasteiger partial charge on any atom is -0.408 e. The Morgan fingerprint density at radius 3 is 2.48 bits per heavy atom. The average Bonchev–Trinajstić information content (AvgIpc) is 2.68. The molecule has 5 nitrogen and oxygen atoms in total. The van der Waals surface area contributed by atoms with Crippen molar-refractivity contribution in [1.82, 2.24) is 9.88 Å². The summed E-state index contributed by atoms with van der Waals surface area (Å²) in [5, 5.41) is 3.06. The molecule has 0 unspecified atom stereocenters. The van der Waals surface area contributed by atoms with E-state index in [9.17, 15) is 9.59 Å². The molecule has 23 heavy (non-hydrogen) atoms. The summed E-state index contributed by atoms with van der Waals surface area (Å²) in [5.74, 6) is -0.482. The smallest absolute Gasteiger partial charge is 0.408 e. The third-order valence-electron chi connectivity index (χ3n) is 3.59. The average molecular weight is 318 g/mol. The number of aromatic nitrogens is 1. The molecule has 1 N–H and O–H groups in total. The lowest BCUT2D eigenvalue weighted by Crippen LogP contribution is -2.46. The third-order valence-corrected chi connectivity index (χ3v) is 3.59. The van der Waals surface area contributed by atoms with Gasteiger partial charge in [0.05, 0.1) is 5.52 Å². The number of hydrogen-bond acceptors (Lipinski definition) is 3. The molecule has 0 aliphatic rings. The highest BCUT2D eigenvalue weighted by molar-refractivity contribution is 5.77. The number of para-hydroxylation sites is 2. The first-order valence-electron chi connectivity index (χ1n) is 7.97.